The van der Waals surface area contributed by atoms with Gasteiger partial charge in [0.05, 0.1) is 13.2 Å². The molecule has 6 atom stereocenters. The van der Waals surface area contributed by atoms with Crippen molar-refractivity contribution in [1.82, 2.24) is 10.2 Å². The number of aliphatic hydroxyl groups is 1. The van der Waals surface area contributed by atoms with E-state index in [4.69, 9.17) is 14.2 Å². The summed E-state index contributed by atoms with van der Waals surface area (Å²) in [5.74, 6) is -1.55. The van der Waals surface area contributed by atoms with Crippen molar-refractivity contribution in [2.24, 2.45) is 5.92 Å². The number of aliphatic hydroxyl groups excluding tert-OH is 1. The number of hydrogen-bond donors (Lipinski definition) is 2. The van der Waals surface area contributed by atoms with Gasteiger partial charge in [-0.25, -0.2) is 4.79 Å². The summed E-state index contributed by atoms with van der Waals surface area (Å²) in [7, 11) is 1.29. The molecule has 0 bridgehead atoms. The number of carbonyl (C=O) groups excluding carboxylic acids is 4. The Morgan fingerprint density at radius 1 is 0.851 bits per heavy atom. The number of methoxy groups -OCH3 is 1. The summed E-state index contributed by atoms with van der Waals surface area (Å²) in [6.45, 7) is 1.64. The minimum Gasteiger partial charge on any atom is -0.489 e. The molecule has 47 heavy (non-hydrogen) atoms. The number of fused-ring (bicyclic) bond motifs is 1. The SMILES string of the molecule is COC(=O)[C@@H]1C[C@@H]2CC[C@@H](O)C[C@@H]2N1C(=O)[C@H](Cc1ccccc1)NC(=O)[C@H](Cc1ccc(OCc2ccccc2)cc1)OC(C)=O. The van der Waals surface area contributed by atoms with Crippen LogP contribution >= 0.6 is 0 Å². The maximum Gasteiger partial charge on any atom is 0.328 e. The van der Waals surface area contributed by atoms with Crippen LogP contribution in [0, 0.1) is 5.92 Å². The third kappa shape index (κ3) is 8.77. The van der Waals surface area contributed by atoms with E-state index < -0.39 is 48.0 Å². The minimum absolute atomic E-state index is 0.0352. The molecule has 1 aliphatic heterocycles. The Morgan fingerprint density at radius 3 is 2.13 bits per heavy atom. The van der Waals surface area contributed by atoms with Gasteiger partial charge < -0.3 is 29.5 Å². The van der Waals surface area contributed by atoms with Gasteiger partial charge in [0.15, 0.2) is 6.10 Å². The second-order valence-corrected chi connectivity index (χ2v) is 12.3. The van der Waals surface area contributed by atoms with E-state index in [-0.39, 0.29) is 24.8 Å². The Bertz CT molecular complexity index is 1510. The summed E-state index contributed by atoms with van der Waals surface area (Å²) in [6, 6.07) is 24.0. The lowest BCUT2D eigenvalue weighted by Crippen LogP contribution is -2.57. The lowest BCUT2D eigenvalue weighted by atomic mass is 9.83. The highest BCUT2D eigenvalue weighted by Crippen LogP contribution is 2.40. The van der Waals surface area contributed by atoms with E-state index in [0.29, 0.717) is 38.0 Å². The fraction of sp³-hybridized carbons (Fsp3) is 0.405. The molecule has 1 saturated heterocycles. The Balaban J connectivity index is 1.34. The predicted molar refractivity (Wildman–Crippen MR) is 173 cm³/mol. The zero-order valence-electron chi connectivity index (χ0n) is 26.7. The van der Waals surface area contributed by atoms with Gasteiger partial charge in [0.1, 0.15) is 24.4 Å². The molecule has 2 N–H and O–H groups in total. The molecule has 0 spiro atoms. The minimum atomic E-state index is -1.21. The molecule has 10 heteroatoms. The number of esters is 2. The molecule has 2 amide bonds. The fourth-order valence-corrected chi connectivity index (χ4v) is 6.66. The standard InChI is InChI=1S/C37H42N2O8/c1-24(40)47-34(20-26-13-17-30(18-14-26)46-23-27-11-7-4-8-12-27)35(42)38-31(19-25-9-5-3-6-10-25)36(43)39-32-22-29(41)16-15-28(32)21-33(39)37(44)45-2/h3-14,17-18,28-29,31-34,41H,15-16,19-23H2,1-2H3,(H,38,42)/t28-,29+,31-,32-,33-,34-/m0/s1. The Labute approximate surface area is 275 Å². The first-order valence-corrected chi connectivity index (χ1v) is 16.1. The molecular weight excluding hydrogens is 600 g/mol. The van der Waals surface area contributed by atoms with Crippen LogP contribution < -0.4 is 10.1 Å². The highest BCUT2D eigenvalue weighted by atomic mass is 16.5. The molecule has 2 fully saturated rings. The van der Waals surface area contributed by atoms with E-state index in [0.717, 1.165) is 16.7 Å². The van der Waals surface area contributed by atoms with Crippen molar-refractivity contribution in [3.05, 3.63) is 102 Å². The van der Waals surface area contributed by atoms with Gasteiger partial charge >= 0.3 is 11.9 Å². The van der Waals surface area contributed by atoms with E-state index in [1.165, 1.54) is 18.9 Å². The van der Waals surface area contributed by atoms with Crippen LogP contribution in [-0.2, 0) is 48.1 Å². The van der Waals surface area contributed by atoms with Crippen LogP contribution in [0.25, 0.3) is 0 Å². The molecule has 5 rings (SSSR count). The van der Waals surface area contributed by atoms with E-state index >= 15 is 0 Å². The summed E-state index contributed by atoms with van der Waals surface area (Å²) in [5.41, 5.74) is 2.56. The van der Waals surface area contributed by atoms with E-state index in [9.17, 15) is 24.3 Å². The molecule has 0 aromatic heterocycles. The van der Waals surface area contributed by atoms with Crippen LogP contribution in [0.2, 0.25) is 0 Å². The van der Waals surface area contributed by atoms with Gasteiger partial charge in [0.2, 0.25) is 5.91 Å². The van der Waals surface area contributed by atoms with Crippen LogP contribution in [-0.4, -0.2) is 71.2 Å². The quantitative estimate of drug-likeness (QED) is 0.286. The number of likely N-dealkylation sites (tertiary alicyclic amines) is 1. The van der Waals surface area contributed by atoms with Crippen LogP contribution in [0.1, 0.15) is 49.3 Å². The Morgan fingerprint density at radius 2 is 1.49 bits per heavy atom. The number of rotatable bonds is 12. The van der Waals surface area contributed by atoms with Gasteiger partial charge in [-0.1, -0.05) is 72.8 Å². The van der Waals surface area contributed by atoms with Crippen molar-refractivity contribution in [2.75, 3.05) is 7.11 Å². The Kier molecular flexibility index (Phi) is 11.3. The average Bonchev–Trinajstić information content (AvgIpc) is 3.46. The molecule has 2 aliphatic rings. The lowest BCUT2D eigenvalue weighted by Gasteiger charge is -2.37. The van der Waals surface area contributed by atoms with Crippen LogP contribution in [0.5, 0.6) is 5.75 Å². The van der Waals surface area contributed by atoms with Gasteiger partial charge in [0.25, 0.3) is 5.91 Å². The second-order valence-electron chi connectivity index (χ2n) is 12.3. The van der Waals surface area contributed by atoms with Crippen molar-refractivity contribution in [1.29, 1.82) is 0 Å². The third-order valence-corrected chi connectivity index (χ3v) is 8.97. The van der Waals surface area contributed by atoms with Crippen molar-refractivity contribution < 1.29 is 38.5 Å². The number of benzene rings is 3. The molecule has 3 aromatic rings. The first-order valence-electron chi connectivity index (χ1n) is 16.1. The topological polar surface area (TPSA) is 131 Å². The predicted octanol–water partition coefficient (Wildman–Crippen LogP) is 3.77. The number of ether oxygens (including phenoxy) is 3. The molecule has 1 saturated carbocycles. The summed E-state index contributed by atoms with van der Waals surface area (Å²) in [4.78, 5) is 54.7. The molecule has 10 nitrogen and oxygen atoms in total. The molecule has 0 unspecified atom stereocenters. The molecule has 1 heterocycles. The third-order valence-electron chi connectivity index (χ3n) is 8.97. The smallest absolute Gasteiger partial charge is 0.328 e. The first-order chi connectivity index (χ1) is 22.7. The van der Waals surface area contributed by atoms with Crippen LogP contribution in [0.3, 0.4) is 0 Å². The summed E-state index contributed by atoms with van der Waals surface area (Å²) >= 11 is 0. The highest BCUT2D eigenvalue weighted by Gasteiger charge is 2.51. The van der Waals surface area contributed by atoms with Crippen molar-refractivity contribution in [3.8, 4) is 5.75 Å². The fourth-order valence-electron chi connectivity index (χ4n) is 6.66. The number of hydrogen-bond acceptors (Lipinski definition) is 8. The van der Waals surface area contributed by atoms with Crippen molar-refractivity contribution in [3.63, 3.8) is 0 Å². The largest absolute Gasteiger partial charge is 0.489 e. The van der Waals surface area contributed by atoms with Crippen molar-refractivity contribution in [2.45, 2.75) is 82.4 Å². The van der Waals surface area contributed by atoms with E-state index in [1.807, 2.05) is 60.7 Å². The van der Waals surface area contributed by atoms with Crippen molar-refractivity contribution >= 4 is 23.8 Å². The van der Waals surface area contributed by atoms with E-state index in [1.54, 1.807) is 24.3 Å². The van der Waals surface area contributed by atoms with Gasteiger partial charge in [-0.15, -0.1) is 0 Å². The first kappa shape index (κ1) is 33.7. The van der Waals surface area contributed by atoms with Gasteiger partial charge in [-0.3, -0.25) is 14.4 Å². The summed E-state index contributed by atoms with van der Waals surface area (Å²) in [6.07, 6.45) is 0.481. The maximum atomic E-state index is 14.4. The zero-order chi connectivity index (χ0) is 33.3. The maximum absolute atomic E-state index is 14.4. The zero-order valence-corrected chi connectivity index (χ0v) is 26.7. The van der Waals surface area contributed by atoms with Gasteiger partial charge in [0, 0.05) is 25.8 Å². The summed E-state index contributed by atoms with van der Waals surface area (Å²) < 4.78 is 16.4. The lowest BCUT2D eigenvalue weighted by molar-refractivity contribution is -0.156. The molecular formula is C37H42N2O8. The van der Waals surface area contributed by atoms with Crippen LogP contribution in [0.4, 0.5) is 0 Å². The number of carbonyl (C=O) groups is 4. The Hall–Kier alpha value is -4.70. The summed E-state index contributed by atoms with van der Waals surface area (Å²) in [5, 5.41) is 13.3. The normalized spacial score (nSPS) is 21.6. The van der Waals surface area contributed by atoms with Gasteiger partial charge in [-0.05, 0) is 60.4 Å². The van der Waals surface area contributed by atoms with Gasteiger partial charge in [-0.2, -0.15) is 0 Å². The molecule has 3 aromatic carbocycles. The average molecular weight is 643 g/mol. The molecule has 248 valence electrons. The molecule has 0 radical (unpaired) electrons. The van der Waals surface area contributed by atoms with E-state index in [2.05, 4.69) is 5.32 Å². The number of amides is 2. The van der Waals surface area contributed by atoms with Crippen LogP contribution in [0.15, 0.2) is 84.9 Å². The number of nitrogens with zero attached hydrogens (tertiary/aromatic N) is 1. The monoisotopic (exact) mass is 642 g/mol. The highest BCUT2D eigenvalue weighted by molar-refractivity contribution is 5.93. The molecule has 1 aliphatic carbocycles. The second kappa shape index (κ2) is 15.7. The number of nitrogens with one attached hydrogen (secondary N) is 1.